The van der Waals surface area contributed by atoms with Crippen LogP contribution in [0.5, 0.6) is 0 Å². The molecule has 2 atom stereocenters. The van der Waals surface area contributed by atoms with Crippen molar-refractivity contribution in [2.75, 3.05) is 0 Å². The van der Waals surface area contributed by atoms with Gasteiger partial charge in [0.2, 0.25) is 0 Å². The predicted molar refractivity (Wildman–Crippen MR) is 44.1 cm³/mol. The van der Waals surface area contributed by atoms with Crippen LogP contribution in [0.15, 0.2) is 12.2 Å². The average molecular weight is 150 g/mol. The second kappa shape index (κ2) is 1.60. The maximum absolute atomic E-state index is 11.4. The fraction of sp³-hybridized carbons (Fsp3) is 0.700. The predicted octanol–water partition coefficient (Wildman–Crippen LogP) is 2.18. The molecule has 0 unspecified atom stereocenters. The molecular formula is C10H14O. The molecule has 2 aliphatic carbocycles. The minimum absolute atomic E-state index is 0.148. The highest BCUT2D eigenvalue weighted by Gasteiger charge is 2.57. The monoisotopic (exact) mass is 150 g/mol. The standard InChI is InChI=1S/C10H14O/c1-9(2)7-4-5-10(9,3)6-8(7)11/h4-5,7H,6H2,1-3H3/t7-,10+/m1/s1. The van der Waals surface area contributed by atoms with Crippen LogP contribution in [0, 0.1) is 16.7 Å². The van der Waals surface area contributed by atoms with Gasteiger partial charge in [-0.2, -0.15) is 0 Å². The number of fused-ring (bicyclic) bond motifs is 2. The molecule has 1 saturated carbocycles. The van der Waals surface area contributed by atoms with Gasteiger partial charge in [0.15, 0.2) is 0 Å². The maximum Gasteiger partial charge on any atom is 0.141 e. The topological polar surface area (TPSA) is 17.1 Å². The zero-order chi connectivity index (χ0) is 8.28. The molecule has 1 nitrogen and oxygen atoms in total. The Morgan fingerprint density at radius 3 is 2.27 bits per heavy atom. The lowest BCUT2D eigenvalue weighted by atomic mass is 9.71. The van der Waals surface area contributed by atoms with Crippen molar-refractivity contribution in [3.63, 3.8) is 0 Å². The van der Waals surface area contributed by atoms with E-state index in [1.165, 1.54) is 0 Å². The van der Waals surface area contributed by atoms with Gasteiger partial charge in [0.1, 0.15) is 5.78 Å². The highest BCUT2D eigenvalue weighted by molar-refractivity contribution is 5.89. The molecule has 0 aliphatic heterocycles. The molecule has 60 valence electrons. The third-order valence-electron chi connectivity index (χ3n) is 3.79. The summed E-state index contributed by atoms with van der Waals surface area (Å²) in [5, 5.41) is 0. The summed E-state index contributed by atoms with van der Waals surface area (Å²) in [4.78, 5) is 11.4. The fourth-order valence-electron chi connectivity index (χ4n) is 2.39. The van der Waals surface area contributed by atoms with Gasteiger partial charge in [0.25, 0.3) is 0 Å². The second-order valence-corrected chi connectivity index (χ2v) is 4.62. The first kappa shape index (κ1) is 7.08. The Morgan fingerprint density at radius 1 is 1.45 bits per heavy atom. The van der Waals surface area contributed by atoms with Crippen molar-refractivity contribution in [2.45, 2.75) is 27.2 Å². The van der Waals surface area contributed by atoms with Gasteiger partial charge in [-0.05, 0) is 10.8 Å². The lowest BCUT2D eigenvalue weighted by molar-refractivity contribution is -0.120. The average Bonchev–Trinajstić information content (AvgIpc) is 2.13. The van der Waals surface area contributed by atoms with Crippen molar-refractivity contribution in [3.05, 3.63) is 12.2 Å². The summed E-state index contributed by atoms with van der Waals surface area (Å²) in [6, 6.07) is 0. The van der Waals surface area contributed by atoms with E-state index in [1.54, 1.807) is 0 Å². The fourth-order valence-corrected chi connectivity index (χ4v) is 2.39. The summed E-state index contributed by atoms with van der Waals surface area (Å²) < 4.78 is 0. The Labute approximate surface area is 67.5 Å². The first-order valence-electron chi connectivity index (χ1n) is 4.19. The Hall–Kier alpha value is -0.590. The van der Waals surface area contributed by atoms with E-state index in [1.807, 2.05) is 0 Å². The van der Waals surface area contributed by atoms with Gasteiger partial charge in [-0.15, -0.1) is 0 Å². The SMILES string of the molecule is CC1(C)[C@@H]2C=C[C@@]1(C)CC2=O. The molecule has 2 aliphatic rings. The Morgan fingerprint density at radius 2 is 2.09 bits per heavy atom. The smallest absolute Gasteiger partial charge is 0.141 e. The van der Waals surface area contributed by atoms with Crippen LogP contribution in [0.1, 0.15) is 27.2 Å². The lowest BCUT2D eigenvalue weighted by Crippen LogP contribution is -2.27. The summed E-state index contributed by atoms with van der Waals surface area (Å²) in [6.45, 7) is 6.58. The lowest BCUT2D eigenvalue weighted by Gasteiger charge is -2.32. The number of carbonyl (C=O) groups is 1. The highest BCUT2D eigenvalue weighted by Crippen LogP contribution is 2.59. The number of hydrogen-bond acceptors (Lipinski definition) is 1. The van der Waals surface area contributed by atoms with E-state index in [-0.39, 0.29) is 16.7 Å². The maximum atomic E-state index is 11.4. The highest BCUT2D eigenvalue weighted by atomic mass is 16.1. The minimum atomic E-state index is 0.148. The van der Waals surface area contributed by atoms with E-state index in [4.69, 9.17) is 0 Å². The van der Waals surface area contributed by atoms with Gasteiger partial charge >= 0.3 is 0 Å². The molecule has 0 radical (unpaired) electrons. The van der Waals surface area contributed by atoms with Crippen LogP contribution < -0.4 is 0 Å². The molecule has 1 heteroatoms. The molecule has 0 aromatic heterocycles. The minimum Gasteiger partial charge on any atom is -0.299 e. The second-order valence-electron chi connectivity index (χ2n) is 4.62. The number of Topliss-reactive ketones (excluding diaryl/α,β-unsaturated/α-hetero) is 1. The van der Waals surface area contributed by atoms with Crippen LogP contribution in [-0.4, -0.2) is 5.78 Å². The summed E-state index contributed by atoms with van der Waals surface area (Å²) in [5.41, 5.74) is 0.318. The molecule has 2 rings (SSSR count). The van der Waals surface area contributed by atoms with Gasteiger partial charge in [0.05, 0.1) is 0 Å². The molecule has 0 heterocycles. The summed E-state index contributed by atoms with van der Waals surface area (Å²) in [7, 11) is 0. The van der Waals surface area contributed by atoms with Crippen molar-refractivity contribution in [3.8, 4) is 0 Å². The molecule has 0 amide bonds. The van der Waals surface area contributed by atoms with Crippen LogP contribution in [0.25, 0.3) is 0 Å². The Bertz CT molecular complexity index is 250. The molecule has 1 fully saturated rings. The normalized spacial score (nSPS) is 45.4. The van der Waals surface area contributed by atoms with E-state index in [0.29, 0.717) is 5.78 Å². The first-order chi connectivity index (χ1) is 4.97. The first-order valence-corrected chi connectivity index (χ1v) is 4.19. The zero-order valence-electron chi connectivity index (χ0n) is 7.35. The van der Waals surface area contributed by atoms with E-state index in [2.05, 4.69) is 32.9 Å². The van der Waals surface area contributed by atoms with Crippen molar-refractivity contribution >= 4 is 5.78 Å². The molecule has 11 heavy (non-hydrogen) atoms. The van der Waals surface area contributed by atoms with Gasteiger partial charge < -0.3 is 0 Å². The Balaban J connectivity index is 2.53. The van der Waals surface area contributed by atoms with Crippen molar-refractivity contribution in [2.24, 2.45) is 16.7 Å². The number of hydrogen-bond donors (Lipinski definition) is 0. The van der Waals surface area contributed by atoms with E-state index >= 15 is 0 Å². The molecular weight excluding hydrogens is 136 g/mol. The van der Waals surface area contributed by atoms with Gasteiger partial charge in [0, 0.05) is 12.3 Å². The van der Waals surface area contributed by atoms with Gasteiger partial charge in [-0.3, -0.25) is 4.79 Å². The van der Waals surface area contributed by atoms with Crippen molar-refractivity contribution < 1.29 is 4.79 Å². The van der Waals surface area contributed by atoms with E-state index in [9.17, 15) is 4.79 Å². The summed E-state index contributed by atoms with van der Waals surface area (Å²) in [5.74, 6) is 0.632. The third-order valence-corrected chi connectivity index (χ3v) is 3.79. The number of carbonyl (C=O) groups excluding carboxylic acids is 1. The summed E-state index contributed by atoms with van der Waals surface area (Å²) in [6.07, 6.45) is 5.06. The van der Waals surface area contributed by atoms with Gasteiger partial charge in [-0.1, -0.05) is 32.9 Å². The number of rotatable bonds is 0. The third kappa shape index (κ3) is 0.597. The molecule has 0 aromatic carbocycles. The molecule has 0 spiro atoms. The van der Waals surface area contributed by atoms with Crippen LogP contribution in [-0.2, 0) is 4.79 Å². The molecule has 0 saturated heterocycles. The van der Waals surface area contributed by atoms with E-state index < -0.39 is 0 Å². The molecule has 0 aromatic rings. The number of ketones is 1. The number of allylic oxidation sites excluding steroid dienone is 2. The molecule has 0 N–H and O–H groups in total. The van der Waals surface area contributed by atoms with E-state index in [0.717, 1.165) is 6.42 Å². The largest absolute Gasteiger partial charge is 0.299 e. The van der Waals surface area contributed by atoms with Crippen molar-refractivity contribution in [1.29, 1.82) is 0 Å². The molecule has 2 bridgehead atoms. The van der Waals surface area contributed by atoms with Crippen LogP contribution >= 0.6 is 0 Å². The quantitative estimate of drug-likeness (QED) is 0.484. The van der Waals surface area contributed by atoms with Crippen LogP contribution in [0.3, 0.4) is 0 Å². The van der Waals surface area contributed by atoms with Crippen LogP contribution in [0.4, 0.5) is 0 Å². The zero-order valence-corrected chi connectivity index (χ0v) is 7.35. The summed E-state index contributed by atoms with van der Waals surface area (Å²) >= 11 is 0. The van der Waals surface area contributed by atoms with Crippen LogP contribution in [0.2, 0.25) is 0 Å². The van der Waals surface area contributed by atoms with Gasteiger partial charge in [-0.25, -0.2) is 0 Å². The Kier molecular flexibility index (Phi) is 1.03. The van der Waals surface area contributed by atoms with Crippen molar-refractivity contribution in [1.82, 2.24) is 0 Å².